The number of hydrogen-bond acceptors (Lipinski definition) is 8. The lowest BCUT2D eigenvalue weighted by atomic mass is 10.4. The van der Waals surface area contributed by atoms with E-state index in [1.165, 1.54) is 0 Å². The van der Waals surface area contributed by atoms with E-state index in [-0.39, 0.29) is 19.2 Å². The van der Waals surface area contributed by atoms with Crippen LogP contribution in [-0.4, -0.2) is 83.3 Å². The standard InChI is InChI=1S/C22H54N2O8Si6/c1-20(2)21(25)27-18-17-24-22(26)23-16-15-19-38(31-36(9,10)11,32-37(12,13)14)30-33(28-34(3,4)5)29-35(6,7)8/h33H,1,15-19H2,2-14H3,(H2,23,24,26). The summed E-state index contributed by atoms with van der Waals surface area (Å²) < 4.78 is 38.3. The Hall–Kier alpha value is -0.419. The fraction of sp³-hybridized carbons (Fsp3) is 0.818. The number of nitrogens with one attached hydrogen (secondary N) is 2. The molecule has 0 aromatic carbocycles. The minimum absolute atomic E-state index is 0.0806. The van der Waals surface area contributed by atoms with Gasteiger partial charge in [-0.25, -0.2) is 9.59 Å². The molecule has 0 aliphatic carbocycles. The van der Waals surface area contributed by atoms with Crippen molar-refractivity contribution in [1.29, 1.82) is 0 Å². The van der Waals surface area contributed by atoms with E-state index in [0.717, 1.165) is 0 Å². The highest BCUT2D eigenvalue weighted by atomic mass is 28.5. The van der Waals surface area contributed by atoms with E-state index in [2.05, 4.69) is 95.8 Å². The fourth-order valence-electron chi connectivity index (χ4n) is 2.96. The molecule has 0 aromatic heterocycles. The third-order valence-electron chi connectivity index (χ3n) is 4.01. The second-order valence-electron chi connectivity index (χ2n) is 13.2. The predicted octanol–water partition coefficient (Wildman–Crippen LogP) is 4.87. The van der Waals surface area contributed by atoms with Gasteiger partial charge in [0.25, 0.3) is 0 Å². The first kappa shape index (κ1) is 37.6. The molecule has 2 amide bonds. The Bertz CT molecular complexity index is 744. The topological polar surface area (TPSA) is 114 Å². The van der Waals surface area contributed by atoms with Crippen LogP contribution in [0.2, 0.25) is 84.6 Å². The molecule has 0 bridgehead atoms. The molecule has 0 spiro atoms. The van der Waals surface area contributed by atoms with Crippen LogP contribution in [0.1, 0.15) is 13.3 Å². The van der Waals surface area contributed by atoms with Crippen LogP contribution in [0.5, 0.6) is 0 Å². The number of esters is 1. The van der Waals surface area contributed by atoms with E-state index in [1.54, 1.807) is 6.92 Å². The van der Waals surface area contributed by atoms with Crippen molar-refractivity contribution in [3.63, 3.8) is 0 Å². The van der Waals surface area contributed by atoms with E-state index in [4.69, 9.17) is 25.3 Å². The van der Waals surface area contributed by atoms with Crippen molar-refractivity contribution >= 4 is 63.6 Å². The summed E-state index contributed by atoms with van der Waals surface area (Å²) >= 11 is 0. The maximum absolute atomic E-state index is 12.2. The molecule has 16 heteroatoms. The molecule has 10 nitrogen and oxygen atoms in total. The van der Waals surface area contributed by atoms with E-state index in [0.29, 0.717) is 24.6 Å². The van der Waals surface area contributed by atoms with Crippen molar-refractivity contribution in [2.75, 3.05) is 19.7 Å². The van der Waals surface area contributed by atoms with Crippen LogP contribution in [0.3, 0.4) is 0 Å². The van der Waals surface area contributed by atoms with Gasteiger partial charge in [0.2, 0.25) is 0 Å². The number of hydrogen-bond donors (Lipinski definition) is 2. The van der Waals surface area contributed by atoms with Gasteiger partial charge in [-0.05, 0) is 91.9 Å². The largest absolute Gasteiger partial charge is 0.472 e. The van der Waals surface area contributed by atoms with Gasteiger partial charge in [0.15, 0.2) is 33.3 Å². The third-order valence-corrected chi connectivity index (χ3v) is 21.8. The van der Waals surface area contributed by atoms with Crippen LogP contribution in [0, 0.1) is 0 Å². The molecular weight excluding hydrogens is 589 g/mol. The van der Waals surface area contributed by atoms with Crippen molar-refractivity contribution in [1.82, 2.24) is 10.6 Å². The van der Waals surface area contributed by atoms with Crippen molar-refractivity contribution in [3.05, 3.63) is 12.2 Å². The Balaban J connectivity index is 5.52. The molecule has 2 N–H and O–H groups in total. The number of carbonyl (C=O) groups is 2. The number of urea groups is 1. The second kappa shape index (κ2) is 15.5. The molecule has 0 radical (unpaired) electrons. The first-order valence-electron chi connectivity index (χ1n) is 13.2. The van der Waals surface area contributed by atoms with E-state index < -0.39 is 57.6 Å². The maximum Gasteiger partial charge on any atom is 0.472 e. The molecule has 0 atom stereocenters. The van der Waals surface area contributed by atoms with E-state index >= 15 is 0 Å². The highest BCUT2D eigenvalue weighted by Gasteiger charge is 2.50. The zero-order valence-corrected chi connectivity index (χ0v) is 32.2. The van der Waals surface area contributed by atoms with Crippen LogP contribution in [0.25, 0.3) is 0 Å². The Morgan fingerprint density at radius 1 is 0.711 bits per heavy atom. The molecular formula is C22H54N2O8Si6. The smallest absolute Gasteiger partial charge is 0.460 e. The minimum atomic E-state index is -3.21. The van der Waals surface area contributed by atoms with Crippen LogP contribution >= 0.6 is 0 Å². The molecule has 0 heterocycles. The zero-order valence-electron chi connectivity index (χ0n) is 26.1. The number of rotatable bonds is 18. The number of carbonyl (C=O) groups excluding carboxylic acids is 2. The Morgan fingerprint density at radius 3 is 1.55 bits per heavy atom. The van der Waals surface area contributed by atoms with Gasteiger partial charge in [0.05, 0.1) is 6.54 Å². The molecule has 0 saturated carbocycles. The molecule has 38 heavy (non-hydrogen) atoms. The summed E-state index contributed by atoms with van der Waals surface area (Å²) in [7, 11) is -13.8. The average molecular weight is 643 g/mol. The first-order chi connectivity index (χ1) is 16.9. The van der Waals surface area contributed by atoms with Gasteiger partial charge < -0.3 is 35.9 Å². The molecule has 0 aromatic rings. The average Bonchev–Trinajstić information content (AvgIpc) is 2.62. The normalized spacial score (nSPS) is 13.4. The molecule has 0 fully saturated rings. The lowest BCUT2D eigenvalue weighted by molar-refractivity contribution is -0.138. The summed E-state index contributed by atoms with van der Waals surface area (Å²) in [4.78, 5) is 23.7. The summed E-state index contributed by atoms with van der Waals surface area (Å²) in [5, 5.41) is 5.54. The van der Waals surface area contributed by atoms with Crippen LogP contribution in [0.4, 0.5) is 4.79 Å². The fourth-order valence-corrected chi connectivity index (χ4v) is 21.8. The van der Waals surface area contributed by atoms with Gasteiger partial charge in [-0.2, -0.15) is 0 Å². The molecule has 0 saturated heterocycles. The van der Waals surface area contributed by atoms with Crippen molar-refractivity contribution in [3.8, 4) is 0 Å². The predicted molar refractivity (Wildman–Crippen MR) is 168 cm³/mol. The lowest BCUT2D eigenvalue weighted by Crippen LogP contribution is -2.61. The Morgan fingerprint density at radius 2 is 1.16 bits per heavy atom. The van der Waals surface area contributed by atoms with Gasteiger partial charge in [-0.15, -0.1) is 0 Å². The molecule has 0 aliphatic rings. The summed E-state index contributed by atoms with van der Waals surface area (Å²) in [6.07, 6.45) is 0.611. The lowest BCUT2D eigenvalue weighted by Gasteiger charge is -2.42. The van der Waals surface area contributed by atoms with Crippen LogP contribution < -0.4 is 10.6 Å². The van der Waals surface area contributed by atoms with Gasteiger partial charge in [0, 0.05) is 18.2 Å². The highest BCUT2D eigenvalue weighted by molar-refractivity contribution is 6.89. The molecule has 0 unspecified atom stereocenters. The summed E-state index contributed by atoms with van der Waals surface area (Å²) in [5.74, 6) is -0.476. The number of amides is 2. The van der Waals surface area contributed by atoms with Gasteiger partial charge in [-0.3, -0.25) is 0 Å². The SMILES string of the molecule is C=C(C)C(=O)OCCNC(=O)NCCC[Si](O[SiH](O[Si](C)(C)C)O[Si](C)(C)C)(O[Si](C)(C)C)O[Si](C)(C)C. The quantitative estimate of drug-likeness (QED) is 0.0942. The number of ether oxygens (including phenoxy) is 1. The van der Waals surface area contributed by atoms with Crippen molar-refractivity contribution < 1.29 is 34.9 Å². The van der Waals surface area contributed by atoms with Crippen LogP contribution in [0.15, 0.2) is 12.2 Å². The summed E-state index contributed by atoms with van der Waals surface area (Å²) in [6, 6.07) is 0.212. The summed E-state index contributed by atoms with van der Waals surface area (Å²) in [5.41, 5.74) is 0.321. The zero-order chi connectivity index (χ0) is 30.0. The van der Waals surface area contributed by atoms with Gasteiger partial charge in [-0.1, -0.05) is 6.58 Å². The van der Waals surface area contributed by atoms with Crippen molar-refractivity contribution in [2.45, 2.75) is 98.0 Å². The second-order valence-corrected chi connectivity index (χ2v) is 37.0. The maximum atomic E-state index is 12.2. The van der Waals surface area contributed by atoms with Gasteiger partial charge in [0.1, 0.15) is 6.61 Å². The minimum Gasteiger partial charge on any atom is -0.460 e. The highest BCUT2D eigenvalue weighted by Crippen LogP contribution is 2.29. The van der Waals surface area contributed by atoms with Gasteiger partial charge >= 0.3 is 30.3 Å². The Kier molecular flexibility index (Phi) is 15.4. The molecule has 0 rings (SSSR count). The summed E-state index contributed by atoms with van der Waals surface area (Å²) in [6.45, 7) is 31.4. The van der Waals surface area contributed by atoms with Crippen LogP contribution in [-0.2, 0) is 30.1 Å². The molecule has 0 aliphatic heterocycles. The molecule has 224 valence electrons. The first-order valence-corrected chi connectivity index (χ1v) is 30.2. The monoisotopic (exact) mass is 642 g/mol. The Labute approximate surface area is 238 Å². The van der Waals surface area contributed by atoms with Crippen molar-refractivity contribution in [2.24, 2.45) is 0 Å². The van der Waals surface area contributed by atoms with E-state index in [1.807, 2.05) is 0 Å². The third kappa shape index (κ3) is 20.5. The van der Waals surface area contributed by atoms with E-state index in [9.17, 15) is 9.59 Å².